The maximum atomic E-state index is 14.1. The Morgan fingerprint density at radius 3 is 2.90 bits per heavy atom. The largest absolute Gasteiger partial charge is 0.361 e. The summed E-state index contributed by atoms with van der Waals surface area (Å²) < 4.78 is 14.1. The summed E-state index contributed by atoms with van der Waals surface area (Å²) in [7, 11) is 0. The number of nitro groups is 1. The molecule has 1 saturated heterocycles. The third-order valence-corrected chi connectivity index (χ3v) is 4.55. The number of hydrogen-bond acceptors (Lipinski definition) is 4. The quantitative estimate of drug-likeness (QED) is 0.631. The van der Waals surface area contributed by atoms with E-state index < -0.39 is 10.7 Å². The number of hydrogen-bond donors (Lipinski definition) is 0. The normalized spacial score (nSPS) is 18.4. The highest BCUT2D eigenvalue weighted by Gasteiger charge is 2.29. The molecule has 1 aliphatic heterocycles. The van der Waals surface area contributed by atoms with Crippen LogP contribution in [0.4, 0.5) is 15.8 Å². The van der Waals surface area contributed by atoms with Gasteiger partial charge < -0.3 is 4.90 Å². The summed E-state index contributed by atoms with van der Waals surface area (Å²) in [6.07, 6.45) is 1.98. The maximum Gasteiger partial charge on any atom is 0.272 e. The van der Waals surface area contributed by atoms with Crippen LogP contribution in [0.1, 0.15) is 23.8 Å². The van der Waals surface area contributed by atoms with E-state index in [1.165, 1.54) is 17.0 Å². The van der Waals surface area contributed by atoms with Gasteiger partial charge in [0.15, 0.2) is 5.82 Å². The Hall–Kier alpha value is -1.95. The fraction of sp³-hybridized carbons (Fsp3) is 0.286. The number of non-ortho nitro benzene ring substituents is 1. The smallest absolute Gasteiger partial charge is 0.272 e. The number of anilines is 1. The minimum Gasteiger partial charge on any atom is -0.361 e. The number of thiophene rings is 1. The van der Waals surface area contributed by atoms with Crippen molar-refractivity contribution in [3.8, 4) is 0 Å². The van der Waals surface area contributed by atoms with Gasteiger partial charge in [0.05, 0.1) is 22.7 Å². The van der Waals surface area contributed by atoms with Crippen LogP contribution in [0.25, 0.3) is 0 Å². The lowest BCUT2D eigenvalue weighted by Gasteiger charge is -2.26. The predicted octanol–water partition coefficient (Wildman–Crippen LogP) is 4.14. The maximum absolute atomic E-state index is 14.1. The minimum atomic E-state index is -0.576. The summed E-state index contributed by atoms with van der Waals surface area (Å²) in [6.45, 7) is 0.775. The molecule has 1 aromatic carbocycles. The molecule has 0 spiro atoms. The van der Waals surface area contributed by atoms with Crippen LogP contribution in [0.15, 0.2) is 35.7 Å². The average molecular weight is 292 g/mol. The minimum absolute atomic E-state index is 0.172. The van der Waals surface area contributed by atoms with Crippen molar-refractivity contribution in [3.05, 3.63) is 56.5 Å². The van der Waals surface area contributed by atoms with Crippen LogP contribution in [0.5, 0.6) is 0 Å². The molecule has 2 heterocycles. The van der Waals surface area contributed by atoms with Gasteiger partial charge in [-0.1, -0.05) is 6.07 Å². The van der Waals surface area contributed by atoms with Gasteiger partial charge in [-0.15, -0.1) is 11.3 Å². The summed E-state index contributed by atoms with van der Waals surface area (Å²) in [4.78, 5) is 13.3. The Bertz CT molecular complexity index is 630. The molecule has 4 nitrogen and oxygen atoms in total. The van der Waals surface area contributed by atoms with E-state index >= 15 is 0 Å². The highest BCUT2D eigenvalue weighted by Crippen LogP contribution is 2.39. The van der Waals surface area contributed by atoms with Crippen molar-refractivity contribution in [2.75, 3.05) is 11.4 Å². The molecular formula is C14H13FN2O2S. The molecule has 2 aromatic rings. The molecule has 0 aliphatic carbocycles. The Balaban J connectivity index is 1.94. The molecule has 1 aromatic heterocycles. The second kappa shape index (κ2) is 5.20. The second-order valence-electron chi connectivity index (χ2n) is 4.76. The highest BCUT2D eigenvalue weighted by molar-refractivity contribution is 7.10. The molecule has 0 unspecified atom stereocenters. The van der Waals surface area contributed by atoms with Crippen molar-refractivity contribution in [1.29, 1.82) is 0 Å². The van der Waals surface area contributed by atoms with Crippen LogP contribution < -0.4 is 4.90 Å². The molecule has 1 atom stereocenters. The Morgan fingerprint density at radius 1 is 1.40 bits per heavy atom. The molecule has 0 bridgehead atoms. The van der Waals surface area contributed by atoms with E-state index in [-0.39, 0.29) is 11.7 Å². The van der Waals surface area contributed by atoms with E-state index in [0.717, 1.165) is 25.5 Å². The van der Waals surface area contributed by atoms with Gasteiger partial charge in [0.25, 0.3) is 5.69 Å². The molecule has 3 rings (SSSR count). The van der Waals surface area contributed by atoms with Crippen LogP contribution in [-0.2, 0) is 0 Å². The van der Waals surface area contributed by atoms with E-state index in [1.807, 2.05) is 16.3 Å². The lowest BCUT2D eigenvalue weighted by Crippen LogP contribution is -2.22. The number of nitrogens with zero attached hydrogens (tertiary/aromatic N) is 2. The van der Waals surface area contributed by atoms with Crippen LogP contribution in [0.2, 0.25) is 0 Å². The van der Waals surface area contributed by atoms with Gasteiger partial charge in [-0.2, -0.15) is 0 Å². The van der Waals surface area contributed by atoms with E-state index in [2.05, 4.69) is 6.07 Å². The number of rotatable bonds is 3. The Labute approximate surface area is 119 Å². The van der Waals surface area contributed by atoms with Crippen LogP contribution in [0.3, 0.4) is 0 Å². The van der Waals surface area contributed by atoms with Gasteiger partial charge in [-0.05, 0) is 30.4 Å². The summed E-state index contributed by atoms with van der Waals surface area (Å²) in [5.74, 6) is -0.525. The molecule has 20 heavy (non-hydrogen) atoms. The third-order valence-electron chi connectivity index (χ3n) is 3.58. The van der Waals surface area contributed by atoms with Gasteiger partial charge in [0.2, 0.25) is 0 Å². The fourth-order valence-corrected chi connectivity index (χ4v) is 3.55. The van der Waals surface area contributed by atoms with E-state index in [0.29, 0.717) is 5.69 Å². The Kier molecular flexibility index (Phi) is 3.40. The topological polar surface area (TPSA) is 46.4 Å². The fourth-order valence-electron chi connectivity index (χ4n) is 2.67. The summed E-state index contributed by atoms with van der Waals surface area (Å²) >= 11 is 1.66. The molecule has 0 radical (unpaired) electrons. The first-order valence-corrected chi connectivity index (χ1v) is 7.29. The first-order valence-electron chi connectivity index (χ1n) is 6.41. The summed E-state index contributed by atoms with van der Waals surface area (Å²) in [5.41, 5.74) is 0.240. The van der Waals surface area contributed by atoms with Crippen molar-refractivity contribution >= 4 is 22.7 Å². The molecule has 0 N–H and O–H groups in total. The first-order chi connectivity index (χ1) is 9.66. The zero-order chi connectivity index (χ0) is 14.1. The third kappa shape index (κ3) is 2.27. The van der Waals surface area contributed by atoms with E-state index in [1.54, 1.807) is 11.3 Å². The molecule has 6 heteroatoms. The number of nitro benzene ring substituents is 1. The first kappa shape index (κ1) is 13.1. The van der Waals surface area contributed by atoms with Crippen molar-refractivity contribution in [2.24, 2.45) is 0 Å². The zero-order valence-corrected chi connectivity index (χ0v) is 11.5. The van der Waals surface area contributed by atoms with Gasteiger partial charge in [0.1, 0.15) is 0 Å². The van der Waals surface area contributed by atoms with E-state index in [9.17, 15) is 14.5 Å². The predicted molar refractivity (Wildman–Crippen MR) is 76.7 cm³/mol. The van der Waals surface area contributed by atoms with Gasteiger partial charge in [-0.3, -0.25) is 10.1 Å². The molecule has 1 aliphatic rings. The standard InChI is InChI=1S/C14H13FN2O2S/c15-11-9-10(17(18)19)5-6-12(11)16-7-1-3-13(16)14-4-2-8-20-14/h2,4-6,8-9,13H,1,3,7H2/t13-/m0/s1. The molecule has 1 fully saturated rings. The zero-order valence-electron chi connectivity index (χ0n) is 10.7. The van der Waals surface area contributed by atoms with Crippen molar-refractivity contribution in [1.82, 2.24) is 0 Å². The monoisotopic (exact) mass is 292 g/mol. The molecule has 104 valence electrons. The summed E-state index contributed by atoms with van der Waals surface area (Å²) in [5, 5.41) is 12.7. The molecular weight excluding hydrogens is 279 g/mol. The van der Waals surface area contributed by atoms with Gasteiger partial charge >= 0.3 is 0 Å². The van der Waals surface area contributed by atoms with Crippen molar-refractivity contribution in [2.45, 2.75) is 18.9 Å². The van der Waals surface area contributed by atoms with Crippen LogP contribution in [-0.4, -0.2) is 11.5 Å². The average Bonchev–Trinajstić information content (AvgIpc) is 3.09. The molecule has 0 saturated carbocycles. The lowest BCUT2D eigenvalue weighted by molar-refractivity contribution is -0.385. The second-order valence-corrected chi connectivity index (χ2v) is 5.74. The number of benzene rings is 1. The number of halogens is 1. The SMILES string of the molecule is O=[N+]([O-])c1ccc(N2CCC[C@H]2c2cccs2)c(F)c1. The Morgan fingerprint density at radius 2 is 2.25 bits per heavy atom. The van der Waals surface area contributed by atoms with Crippen molar-refractivity contribution in [3.63, 3.8) is 0 Å². The van der Waals surface area contributed by atoms with Gasteiger partial charge in [0, 0.05) is 17.5 Å². The summed E-state index contributed by atoms with van der Waals surface area (Å²) in [6, 6.07) is 8.09. The van der Waals surface area contributed by atoms with Crippen LogP contribution >= 0.6 is 11.3 Å². The van der Waals surface area contributed by atoms with Gasteiger partial charge in [-0.25, -0.2) is 4.39 Å². The van der Waals surface area contributed by atoms with E-state index in [4.69, 9.17) is 0 Å². The van der Waals surface area contributed by atoms with Crippen LogP contribution in [0, 0.1) is 15.9 Å². The van der Waals surface area contributed by atoms with Crippen molar-refractivity contribution < 1.29 is 9.31 Å². The lowest BCUT2D eigenvalue weighted by atomic mass is 10.1. The molecule has 0 amide bonds. The highest BCUT2D eigenvalue weighted by atomic mass is 32.1.